The molecule has 0 aromatic heterocycles. The Morgan fingerprint density at radius 1 is 1.29 bits per heavy atom. The summed E-state index contributed by atoms with van der Waals surface area (Å²) in [5.41, 5.74) is 5.77. The molecule has 0 spiro atoms. The lowest BCUT2D eigenvalue weighted by molar-refractivity contribution is -0.129. The van der Waals surface area contributed by atoms with Crippen LogP contribution >= 0.6 is 0 Å². The summed E-state index contributed by atoms with van der Waals surface area (Å²) in [6, 6.07) is 0.0391. The van der Waals surface area contributed by atoms with Crippen LogP contribution in [-0.4, -0.2) is 49.1 Å². The fourth-order valence-electron chi connectivity index (χ4n) is 3.15. The Balaban J connectivity index is 1.68. The number of urea groups is 1. The number of likely N-dealkylation sites (tertiary alicyclic amines) is 1. The quantitative estimate of drug-likeness (QED) is 0.717. The number of hydrogen-bond acceptors (Lipinski definition) is 3. The maximum atomic E-state index is 12.1. The Labute approximate surface area is 126 Å². The van der Waals surface area contributed by atoms with Gasteiger partial charge in [0.2, 0.25) is 5.91 Å². The minimum atomic E-state index is -0.226. The summed E-state index contributed by atoms with van der Waals surface area (Å²) in [7, 11) is 0. The number of hydrogen-bond donors (Lipinski definition) is 3. The molecule has 1 aliphatic carbocycles. The maximum Gasteiger partial charge on any atom is 0.315 e. The topological polar surface area (TPSA) is 87.5 Å². The van der Waals surface area contributed by atoms with Crippen molar-refractivity contribution >= 4 is 11.9 Å². The van der Waals surface area contributed by atoms with Crippen molar-refractivity contribution < 1.29 is 9.59 Å². The third-order valence-electron chi connectivity index (χ3n) is 4.74. The van der Waals surface area contributed by atoms with Gasteiger partial charge in [-0.1, -0.05) is 26.2 Å². The fraction of sp³-hybridized carbons (Fsp3) is 0.867. The molecule has 120 valence electrons. The molecule has 0 radical (unpaired) electrons. The van der Waals surface area contributed by atoms with Crippen LogP contribution in [0.2, 0.25) is 0 Å². The molecule has 1 atom stereocenters. The molecule has 1 unspecified atom stereocenters. The van der Waals surface area contributed by atoms with Crippen molar-refractivity contribution in [2.45, 2.75) is 51.5 Å². The smallest absolute Gasteiger partial charge is 0.315 e. The molecule has 2 aliphatic rings. The van der Waals surface area contributed by atoms with Gasteiger partial charge in [-0.25, -0.2) is 4.79 Å². The zero-order valence-corrected chi connectivity index (χ0v) is 13.0. The summed E-state index contributed by atoms with van der Waals surface area (Å²) in [5.74, 6) is -0.0223. The number of nitrogens with zero attached hydrogens (tertiary/aromatic N) is 1. The first-order valence-corrected chi connectivity index (χ1v) is 8.05. The second-order valence-electron chi connectivity index (χ2n) is 6.74. The van der Waals surface area contributed by atoms with Crippen molar-refractivity contribution in [2.24, 2.45) is 11.1 Å². The van der Waals surface area contributed by atoms with Gasteiger partial charge in [-0.15, -0.1) is 0 Å². The van der Waals surface area contributed by atoms with Crippen LogP contribution in [0.3, 0.4) is 0 Å². The lowest BCUT2D eigenvalue weighted by Crippen LogP contribution is -2.47. The molecule has 0 aromatic rings. The lowest BCUT2D eigenvalue weighted by atomic mass is 9.90. The van der Waals surface area contributed by atoms with Crippen molar-refractivity contribution in [1.82, 2.24) is 15.5 Å². The first-order valence-electron chi connectivity index (χ1n) is 8.05. The Morgan fingerprint density at radius 2 is 2.00 bits per heavy atom. The molecule has 21 heavy (non-hydrogen) atoms. The molecular formula is C15H28N4O2. The van der Waals surface area contributed by atoms with E-state index in [0.717, 1.165) is 25.8 Å². The molecule has 0 aromatic carbocycles. The van der Waals surface area contributed by atoms with Crippen LogP contribution in [0.15, 0.2) is 0 Å². The Hall–Kier alpha value is -1.30. The summed E-state index contributed by atoms with van der Waals surface area (Å²) in [5, 5.41) is 5.63. The van der Waals surface area contributed by atoms with Crippen LogP contribution in [-0.2, 0) is 4.79 Å². The third kappa shape index (κ3) is 4.59. The zero-order valence-electron chi connectivity index (χ0n) is 13.0. The first kappa shape index (κ1) is 16.1. The number of carbonyl (C=O) groups excluding carboxylic acids is 2. The van der Waals surface area contributed by atoms with Gasteiger partial charge in [-0.3, -0.25) is 4.79 Å². The van der Waals surface area contributed by atoms with E-state index >= 15 is 0 Å². The predicted molar refractivity (Wildman–Crippen MR) is 81.8 cm³/mol. The molecule has 1 saturated heterocycles. The van der Waals surface area contributed by atoms with Crippen molar-refractivity contribution in [3.63, 3.8) is 0 Å². The minimum absolute atomic E-state index is 0.0223. The highest BCUT2D eigenvalue weighted by Crippen LogP contribution is 2.28. The normalized spacial score (nSPS) is 26.7. The van der Waals surface area contributed by atoms with Crippen LogP contribution in [0.1, 0.15) is 45.4 Å². The summed E-state index contributed by atoms with van der Waals surface area (Å²) < 4.78 is 0. The largest absolute Gasteiger partial charge is 0.341 e. The number of nitrogens with two attached hydrogens (primary N) is 1. The second-order valence-corrected chi connectivity index (χ2v) is 6.74. The van der Waals surface area contributed by atoms with Gasteiger partial charge in [0.15, 0.2) is 0 Å². The van der Waals surface area contributed by atoms with Crippen LogP contribution < -0.4 is 16.4 Å². The Kier molecular flexibility index (Phi) is 5.45. The number of carbonyl (C=O) groups is 2. The fourth-order valence-corrected chi connectivity index (χ4v) is 3.15. The molecule has 1 aliphatic heterocycles. The highest BCUT2D eigenvalue weighted by Gasteiger charge is 2.34. The maximum absolute atomic E-state index is 12.1. The van der Waals surface area contributed by atoms with E-state index in [1.807, 2.05) is 0 Å². The van der Waals surface area contributed by atoms with E-state index in [9.17, 15) is 9.59 Å². The van der Waals surface area contributed by atoms with E-state index in [2.05, 4.69) is 17.6 Å². The van der Waals surface area contributed by atoms with E-state index in [1.165, 1.54) is 19.3 Å². The molecule has 6 nitrogen and oxygen atoms in total. The number of nitrogens with one attached hydrogen (secondary N) is 2. The van der Waals surface area contributed by atoms with E-state index in [4.69, 9.17) is 5.73 Å². The molecule has 0 bridgehead atoms. The zero-order chi connectivity index (χ0) is 15.3. The standard InChI is InChI=1S/C15H28N4O2/c1-15(10-16)7-8-19(11-15)13(20)9-17-14(21)18-12-5-3-2-4-6-12/h12H,2-11,16H2,1H3,(H2,17,18,21). The minimum Gasteiger partial charge on any atom is -0.341 e. The molecule has 2 fully saturated rings. The van der Waals surface area contributed by atoms with Gasteiger partial charge >= 0.3 is 6.03 Å². The molecule has 6 heteroatoms. The van der Waals surface area contributed by atoms with Gasteiger partial charge in [0.1, 0.15) is 0 Å². The van der Waals surface area contributed by atoms with Gasteiger partial charge in [0, 0.05) is 19.1 Å². The van der Waals surface area contributed by atoms with Crippen LogP contribution in [0.25, 0.3) is 0 Å². The van der Waals surface area contributed by atoms with Gasteiger partial charge < -0.3 is 21.3 Å². The van der Waals surface area contributed by atoms with Crippen molar-refractivity contribution in [2.75, 3.05) is 26.2 Å². The predicted octanol–water partition coefficient (Wildman–Crippen LogP) is 0.816. The van der Waals surface area contributed by atoms with E-state index in [1.54, 1.807) is 4.90 Å². The van der Waals surface area contributed by atoms with Crippen molar-refractivity contribution in [1.29, 1.82) is 0 Å². The second kappa shape index (κ2) is 7.11. The van der Waals surface area contributed by atoms with Crippen LogP contribution in [0.4, 0.5) is 4.79 Å². The molecule has 2 rings (SSSR count). The highest BCUT2D eigenvalue weighted by molar-refractivity contribution is 5.84. The Bertz CT molecular complexity index is 382. The summed E-state index contributed by atoms with van der Waals surface area (Å²) in [4.78, 5) is 25.7. The average Bonchev–Trinajstić information content (AvgIpc) is 2.89. The van der Waals surface area contributed by atoms with Crippen molar-refractivity contribution in [3.8, 4) is 0 Å². The number of rotatable bonds is 4. The van der Waals surface area contributed by atoms with Gasteiger partial charge in [0.25, 0.3) is 0 Å². The molecule has 4 N–H and O–H groups in total. The highest BCUT2D eigenvalue weighted by atomic mass is 16.2. The molecular weight excluding hydrogens is 268 g/mol. The Morgan fingerprint density at radius 3 is 2.62 bits per heavy atom. The average molecular weight is 296 g/mol. The van der Waals surface area contributed by atoms with Crippen LogP contribution in [0, 0.1) is 5.41 Å². The summed E-state index contributed by atoms with van der Waals surface area (Å²) >= 11 is 0. The SMILES string of the molecule is CC1(CN)CCN(C(=O)CNC(=O)NC2CCCCC2)C1. The summed E-state index contributed by atoms with van der Waals surface area (Å²) in [6.07, 6.45) is 6.63. The summed E-state index contributed by atoms with van der Waals surface area (Å²) in [6.45, 7) is 4.18. The van der Waals surface area contributed by atoms with Crippen LogP contribution in [0.5, 0.6) is 0 Å². The first-order chi connectivity index (χ1) is 10.0. The van der Waals surface area contributed by atoms with Gasteiger partial charge in [-0.05, 0) is 31.2 Å². The third-order valence-corrected chi connectivity index (χ3v) is 4.74. The molecule has 1 heterocycles. The van der Waals surface area contributed by atoms with E-state index in [-0.39, 0.29) is 29.9 Å². The van der Waals surface area contributed by atoms with Gasteiger partial charge in [-0.2, -0.15) is 0 Å². The van der Waals surface area contributed by atoms with Crippen molar-refractivity contribution in [3.05, 3.63) is 0 Å². The van der Waals surface area contributed by atoms with Gasteiger partial charge in [0.05, 0.1) is 6.54 Å². The van der Waals surface area contributed by atoms with E-state index < -0.39 is 0 Å². The number of amides is 3. The van der Waals surface area contributed by atoms with E-state index in [0.29, 0.717) is 13.1 Å². The molecule has 1 saturated carbocycles. The monoisotopic (exact) mass is 296 g/mol. The lowest BCUT2D eigenvalue weighted by Gasteiger charge is -2.24. The molecule has 3 amide bonds.